The number of aryl methyl sites for hydroxylation is 1. The number of aromatic nitrogens is 2. The fourth-order valence-electron chi connectivity index (χ4n) is 2.81. The standard InChI is InChI=1S/C20H29BrN4O2S/c1-5-25-17(16(21)13-23-25)14-24(4)20(28)22-11-10-15-8-9-18(26-6-2)19(12-15)27-7-3/h8-9,12-13H,5-7,10-11,14H2,1-4H3,(H,22,28). The summed E-state index contributed by atoms with van der Waals surface area (Å²) < 4.78 is 14.3. The van der Waals surface area contributed by atoms with Gasteiger partial charge in [-0.2, -0.15) is 5.10 Å². The van der Waals surface area contributed by atoms with Gasteiger partial charge in [0.1, 0.15) is 0 Å². The van der Waals surface area contributed by atoms with Crippen LogP contribution in [0.15, 0.2) is 28.9 Å². The number of nitrogens with zero attached hydrogens (tertiary/aromatic N) is 3. The predicted octanol–water partition coefficient (Wildman–Crippen LogP) is 4.01. The molecule has 0 aliphatic rings. The zero-order valence-corrected chi connectivity index (χ0v) is 19.4. The Hall–Kier alpha value is -1.80. The molecule has 0 saturated carbocycles. The van der Waals surface area contributed by atoms with E-state index in [4.69, 9.17) is 21.7 Å². The summed E-state index contributed by atoms with van der Waals surface area (Å²) in [6.07, 6.45) is 2.67. The van der Waals surface area contributed by atoms with Crippen molar-refractivity contribution < 1.29 is 9.47 Å². The summed E-state index contributed by atoms with van der Waals surface area (Å²) in [5, 5.41) is 8.40. The van der Waals surface area contributed by atoms with Crippen LogP contribution >= 0.6 is 28.1 Å². The van der Waals surface area contributed by atoms with Gasteiger partial charge < -0.3 is 19.7 Å². The minimum absolute atomic E-state index is 0.612. The molecule has 6 nitrogen and oxygen atoms in total. The summed E-state index contributed by atoms with van der Waals surface area (Å²) >= 11 is 9.10. The summed E-state index contributed by atoms with van der Waals surface area (Å²) in [4.78, 5) is 2.02. The largest absolute Gasteiger partial charge is 0.490 e. The van der Waals surface area contributed by atoms with Gasteiger partial charge in [-0.1, -0.05) is 6.07 Å². The molecule has 0 amide bonds. The van der Waals surface area contributed by atoms with Gasteiger partial charge in [0.2, 0.25) is 0 Å². The molecule has 0 atom stereocenters. The summed E-state index contributed by atoms with van der Waals surface area (Å²) in [5.41, 5.74) is 2.29. The van der Waals surface area contributed by atoms with Gasteiger partial charge in [-0.25, -0.2) is 0 Å². The van der Waals surface area contributed by atoms with Crippen molar-refractivity contribution in [2.24, 2.45) is 0 Å². The lowest BCUT2D eigenvalue weighted by molar-refractivity contribution is 0.287. The second kappa shape index (κ2) is 11.3. The average molecular weight is 469 g/mol. The minimum Gasteiger partial charge on any atom is -0.490 e. The first-order valence-corrected chi connectivity index (χ1v) is 10.8. The van der Waals surface area contributed by atoms with Crippen LogP contribution < -0.4 is 14.8 Å². The van der Waals surface area contributed by atoms with Crippen LogP contribution in [-0.2, 0) is 19.5 Å². The van der Waals surface area contributed by atoms with Crippen LogP contribution in [-0.4, -0.2) is 46.6 Å². The lowest BCUT2D eigenvalue weighted by Gasteiger charge is -2.22. The van der Waals surface area contributed by atoms with E-state index in [9.17, 15) is 0 Å². The second-order valence-electron chi connectivity index (χ2n) is 6.24. The Labute approximate surface area is 181 Å². The molecule has 1 aromatic heterocycles. The Bertz CT molecular complexity index is 782. The molecule has 2 rings (SSSR count). The van der Waals surface area contributed by atoms with Gasteiger partial charge in [-0.15, -0.1) is 0 Å². The van der Waals surface area contributed by atoms with Crippen molar-refractivity contribution in [2.45, 2.75) is 40.3 Å². The number of benzene rings is 1. The number of nitrogens with one attached hydrogen (secondary N) is 1. The molecule has 8 heteroatoms. The Kier molecular flexibility index (Phi) is 9.05. The highest BCUT2D eigenvalue weighted by Crippen LogP contribution is 2.28. The molecular formula is C20H29BrN4O2S. The number of thiocarbonyl (C=S) groups is 1. The van der Waals surface area contributed by atoms with Gasteiger partial charge in [0.05, 0.1) is 36.1 Å². The van der Waals surface area contributed by atoms with Crippen LogP contribution in [0.25, 0.3) is 0 Å². The van der Waals surface area contributed by atoms with E-state index in [1.807, 2.05) is 48.8 Å². The van der Waals surface area contributed by atoms with E-state index in [2.05, 4.69) is 39.3 Å². The second-order valence-corrected chi connectivity index (χ2v) is 7.48. The van der Waals surface area contributed by atoms with Gasteiger partial charge >= 0.3 is 0 Å². The highest BCUT2D eigenvalue weighted by molar-refractivity contribution is 9.10. The first-order valence-electron chi connectivity index (χ1n) is 9.57. The zero-order valence-electron chi connectivity index (χ0n) is 17.0. The van der Waals surface area contributed by atoms with E-state index in [1.54, 1.807) is 0 Å². The summed E-state index contributed by atoms with van der Waals surface area (Å²) in [6.45, 7) is 9.52. The SMILES string of the molecule is CCOc1ccc(CCNC(=S)N(C)Cc2c(Br)cnn2CC)cc1OCC. The molecule has 0 unspecified atom stereocenters. The average Bonchev–Trinajstić information content (AvgIpc) is 3.03. The highest BCUT2D eigenvalue weighted by atomic mass is 79.9. The molecule has 0 radical (unpaired) electrons. The Balaban J connectivity index is 1.89. The highest BCUT2D eigenvalue weighted by Gasteiger charge is 2.12. The molecule has 0 bridgehead atoms. The quantitative estimate of drug-likeness (QED) is 0.531. The van der Waals surface area contributed by atoms with E-state index in [-0.39, 0.29) is 0 Å². The maximum atomic E-state index is 5.70. The Morgan fingerprint density at radius 1 is 1.21 bits per heavy atom. The van der Waals surface area contributed by atoms with Gasteiger partial charge in [-0.3, -0.25) is 4.68 Å². The third kappa shape index (κ3) is 6.10. The summed E-state index contributed by atoms with van der Waals surface area (Å²) in [6, 6.07) is 6.08. The normalized spacial score (nSPS) is 10.6. The van der Waals surface area contributed by atoms with Crippen molar-refractivity contribution in [1.29, 1.82) is 0 Å². The molecular weight excluding hydrogens is 440 g/mol. The lowest BCUT2D eigenvalue weighted by Crippen LogP contribution is -2.38. The van der Waals surface area contributed by atoms with E-state index in [1.165, 1.54) is 5.56 Å². The van der Waals surface area contributed by atoms with Gasteiger partial charge in [0.25, 0.3) is 0 Å². The monoisotopic (exact) mass is 468 g/mol. The number of ether oxygens (including phenoxy) is 2. The molecule has 2 aromatic rings. The van der Waals surface area contributed by atoms with Gasteiger partial charge in [-0.05, 0) is 73.0 Å². The Morgan fingerprint density at radius 2 is 1.93 bits per heavy atom. The van der Waals surface area contributed by atoms with Gasteiger partial charge in [0.15, 0.2) is 16.6 Å². The third-order valence-corrected chi connectivity index (χ3v) is 5.35. The molecule has 0 saturated heterocycles. The van der Waals surface area contributed by atoms with Crippen LogP contribution in [0.1, 0.15) is 32.0 Å². The molecule has 0 aliphatic carbocycles. The first kappa shape index (κ1) is 22.5. The van der Waals surface area contributed by atoms with E-state index in [0.717, 1.165) is 41.2 Å². The molecule has 0 fully saturated rings. The van der Waals surface area contributed by atoms with Crippen LogP contribution in [0.2, 0.25) is 0 Å². The van der Waals surface area contributed by atoms with E-state index in [0.29, 0.717) is 24.9 Å². The van der Waals surface area contributed by atoms with Crippen molar-refractivity contribution in [2.75, 3.05) is 26.8 Å². The summed E-state index contributed by atoms with van der Waals surface area (Å²) in [5.74, 6) is 1.58. The fourth-order valence-corrected chi connectivity index (χ4v) is 3.40. The van der Waals surface area contributed by atoms with Crippen molar-refractivity contribution in [3.05, 3.63) is 40.1 Å². The molecule has 1 N–H and O–H groups in total. The molecule has 28 heavy (non-hydrogen) atoms. The number of halogens is 1. The number of rotatable bonds is 10. The maximum Gasteiger partial charge on any atom is 0.169 e. The fraction of sp³-hybridized carbons (Fsp3) is 0.500. The third-order valence-electron chi connectivity index (χ3n) is 4.23. The number of hydrogen-bond acceptors (Lipinski definition) is 4. The van der Waals surface area contributed by atoms with Crippen molar-refractivity contribution in [3.8, 4) is 11.5 Å². The molecule has 0 spiro atoms. The van der Waals surface area contributed by atoms with Crippen molar-refractivity contribution in [3.63, 3.8) is 0 Å². The number of hydrogen-bond donors (Lipinski definition) is 1. The lowest BCUT2D eigenvalue weighted by atomic mass is 10.1. The van der Waals surface area contributed by atoms with Crippen LogP contribution in [0.4, 0.5) is 0 Å². The van der Waals surface area contributed by atoms with E-state index < -0.39 is 0 Å². The summed E-state index contributed by atoms with van der Waals surface area (Å²) in [7, 11) is 1.98. The maximum absolute atomic E-state index is 5.70. The smallest absolute Gasteiger partial charge is 0.169 e. The van der Waals surface area contributed by atoms with Crippen molar-refractivity contribution in [1.82, 2.24) is 20.0 Å². The molecule has 1 aromatic carbocycles. The topological polar surface area (TPSA) is 51.5 Å². The van der Waals surface area contributed by atoms with Crippen molar-refractivity contribution >= 4 is 33.3 Å². The van der Waals surface area contributed by atoms with Crippen LogP contribution in [0.3, 0.4) is 0 Å². The predicted molar refractivity (Wildman–Crippen MR) is 120 cm³/mol. The Morgan fingerprint density at radius 3 is 2.61 bits per heavy atom. The van der Waals surface area contributed by atoms with Crippen LogP contribution in [0, 0.1) is 0 Å². The zero-order chi connectivity index (χ0) is 20.5. The molecule has 1 heterocycles. The first-order chi connectivity index (χ1) is 13.5. The van der Waals surface area contributed by atoms with Gasteiger partial charge in [0, 0.05) is 20.1 Å². The molecule has 154 valence electrons. The van der Waals surface area contributed by atoms with Crippen LogP contribution in [0.5, 0.6) is 11.5 Å². The minimum atomic E-state index is 0.612. The molecule has 0 aliphatic heterocycles. The van der Waals surface area contributed by atoms with E-state index >= 15 is 0 Å².